The smallest absolute Gasteiger partial charge is 0.0521 e. The van der Waals surface area contributed by atoms with Crippen LogP contribution in [0, 0.1) is 5.92 Å². The average Bonchev–Trinajstić information content (AvgIpc) is 2.80. The lowest BCUT2D eigenvalue weighted by Crippen LogP contribution is -2.10. The molecule has 2 rings (SSSR count). The molecule has 0 saturated heterocycles. The molecule has 102 valence electrons. The Morgan fingerprint density at radius 3 is 2.84 bits per heavy atom. The topological polar surface area (TPSA) is 38.0 Å². The van der Waals surface area contributed by atoms with E-state index in [0.717, 1.165) is 23.7 Å². The highest BCUT2D eigenvalue weighted by atomic mass is 79.9. The zero-order chi connectivity index (χ0) is 13.7. The molecule has 4 heteroatoms. The molecule has 0 saturated carbocycles. The molecule has 0 amide bonds. The van der Waals surface area contributed by atoms with Gasteiger partial charge in [-0.1, -0.05) is 28.1 Å². The van der Waals surface area contributed by atoms with Gasteiger partial charge in [-0.05, 0) is 48.4 Å². The fourth-order valence-electron chi connectivity index (χ4n) is 2.23. The Hall–Kier alpha value is -1.13. The monoisotopic (exact) mass is 322 g/mol. The number of nitrogens with zero attached hydrogens (tertiary/aromatic N) is 2. The number of halogens is 1. The second-order valence-electron chi connectivity index (χ2n) is 4.94. The summed E-state index contributed by atoms with van der Waals surface area (Å²) in [5, 5.41) is 13.7. The minimum atomic E-state index is 0.229. The van der Waals surface area contributed by atoms with E-state index in [1.54, 1.807) is 0 Å². The zero-order valence-electron chi connectivity index (χ0n) is 11.1. The summed E-state index contributed by atoms with van der Waals surface area (Å²) in [4.78, 5) is 0. The van der Waals surface area contributed by atoms with Crippen molar-refractivity contribution in [3.8, 4) is 0 Å². The molecule has 0 aliphatic carbocycles. The van der Waals surface area contributed by atoms with Crippen LogP contribution in [0.25, 0.3) is 0 Å². The van der Waals surface area contributed by atoms with Gasteiger partial charge in [0.2, 0.25) is 0 Å². The fraction of sp³-hybridized carbons (Fsp3) is 0.400. The lowest BCUT2D eigenvalue weighted by atomic mass is 9.94. The van der Waals surface area contributed by atoms with Crippen molar-refractivity contribution in [1.29, 1.82) is 0 Å². The van der Waals surface area contributed by atoms with Crippen LogP contribution in [0.3, 0.4) is 0 Å². The molecule has 19 heavy (non-hydrogen) atoms. The number of hydrogen-bond donors (Lipinski definition) is 1. The van der Waals surface area contributed by atoms with Gasteiger partial charge < -0.3 is 5.11 Å². The first-order valence-corrected chi connectivity index (χ1v) is 7.29. The molecule has 1 unspecified atom stereocenters. The first kappa shape index (κ1) is 14.3. The maximum atomic E-state index is 9.51. The lowest BCUT2D eigenvalue weighted by Gasteiger charge is -2.13. The molecule has 2 aromatic rings. The largest absolute Gasteiger partial charge is 0.396 e. The number of hydrogen-bond acceptors (Lipinski definition) is 2. The summed E-state index contributed by atoms with van der Waals surface area (Å²) in [5.41, 5.74) is 2.50. The van der Waals surface area contributed by atoms with Crippen LogP contribution >= 0.6 is 15.9 Å². The van der Waals surface area contributed by atoms with E-state index in [1.807, 2.05) is 36.3 Å². The van der Waals surface area contributed by atoms with Gasteiger partial charge in [-0.15, -0.1) is 0 Å². The predicted octanol–water partition coefficient (Wildman–Crippen LogP) is 2.97. The Morgan fingerprint density at radius 2 is 2.21 bits per heavy atom. The summed E-state index contributed by atoms with van der Waals surface area (Å²) in [5.74, 6) is 0.300. The van der Waals surface area contributed by atoms with E-state index >= 15 is 0 Å². The van der Waals surface area contributed by atoms with Crippen molar-refractivity contribution in [1.82, 2.24) is 9.78 Å². The summed E-state index contributed by atoms with van der Waals surface area (Å²) in [7, 11) is 1.93. The summed E-state index contributed by atoms with van der Waals surface area (Å²) in [6.45, 7) is 0.229. The van der Waals surface area contributed by atoms with Gasteiger partial charge in [0, 0.05) is 24.3 Å². The second kappa shape index (κ2) is 6.87. The van der Waals surface area contributed by atoms with Crippen molar-refractivity contribution in [3.05, 3.63) is 52.3 Å². The molecule has 0 aliphatic heterocycles. The van der Waals surface area contributed by atoms with Crippen molar-refractivity contribution in [2.75, 3.05) is 6.61 Å². The average molecular weight is 323 g/mol. The van der Waals surface area contributed by atoms with Crippen LogP contribution in [-0.4, -0.2) is 21.5 Å². The predicted molar refractivity (Wildman–Crippen MR) is 80.0 cm³/mol. The Labute approximate surface area is 122 Å². The summed E-state index contributed by atoms with van der Waals surface area (Å²) < 4.78 is 2.91. The number of aryl methyl sites for hydroxylation is 2. The molecule has 0 radical (unpaired) electrons. The van der Waals surface area contributed by atoms with E-state index in [0.29, 0.717) is 5.92 Å². The highest BCUT2D eigenvalue weighted by Crippen LogP contribution is 2.18. The maximum absolute atomic E-state index is 9.51. The van der Waals surface area contributed by atoms with Gasteiger partial charge in [-0.2, -0.15) is 5.10 Å². The Bertz CT molecular complexity index is 524. The highest BCUT2D eigenvalue weighted by molar-refractivity contribution is 9.10. The zero-order valence-corrected chi connectivity index (χ0v) is 12.7. The van der Waals surface area contributed by atoms with E-state index < -0.39 is 0 Å². The summed E-state index contributed by atoms with van der Waals surface area (Å²) in [6.07, 6.45) is 6.79. The van der Waals surface area contributed by atoms with Crippen molar-refractivity contribution in [3.63, 3.8) is 0 Å². The second-order valence-corrected chi connectivity index (χ2v) is 5.86. The summed E-state index contributed by atoms with van der Waals surface area (Å²) in [6, 6.07) is 8.28. The van der Waals surface area contributed by atoms with Crippen molar-refractivity contribution in [2.24, 2.45) is 13.0 Å². The number of aliphatic hydroxyl groups excluding tert-OH is 1. The van der Waals surface area contributed by atoms with Gasteiger partial charge in [0.1, 0.15) is 0 Å². The third kappa shape index (κ3) is 4.48. The van der Waals surface area contributed by atoms with Crippen LogP contribution in [0.1, 0.15) is 17.5 Å². The third-order valence-corrected chi connectivity index (χ3v) is 3.76. The molecular formula is C15H19BrN2O. The standard InChI is InChI=1S/C15H19BrN2O/c1-18-10-14(9-17-18)6-5-13(11-19)7-12-3-2-4-15(16)8-12/h2-4,8-10,13,19H,5-7,11H2,1H3. The molecule has 0 fully saturated rings. The molecular weight excluding hydrogens is 304 g/mol. The number of aliphatic hydroxyl groups is 1. The van der Waals surface area contributed by atoms with Gasteiger partial charge in [-0.3, -0.25) is 4.68 Å². The van der Waals surface area contributed by atoms with E-state index in [2.05, 4.69) is 33.2 Å². The van der Waals surface area contributed by atoms with Crippen molar-refractivity contribution >= 4 is 15.9 Å². The highest BCUT2D eigenvalue weighted by Gasteiger charge is 2.10. The molecule has 3 nitrogen and oxygen atoms in total. The molecule has 0 aliphatic rings. The van der Waals surface area contributed by atoms with Crippen LogP contribution in [0.15, 0.2) is 41.1 Å². The van der Waals surface area contributed by atoms with Crippen molar-refractivity contribution < 1.29 is 5.11 Å². The van der Waals surface area contributed by atoms with E-state index in [-0.39, 0.29) is 6.61 Å². The van der Waals surface area contributed by atoms with Gasteiger partial charge in [0.05, 0.1) is 6.20 Å². The molecule has 1 aromatic carbocycles. The van der Waals surface area contributed by atoms with Crippen LogP contribution in [0.4, 0.5) is 0 Å². The van der Waals surface area contributed by atoms with Gasteiger partial charge in [0.25, 0.3) is 0 Å². The first-order valence-electron chi connectivity index (χ1n) is 6.50. The molecule has 0 bridgehead atoms. The molecule has 0 spiro atoms. The molecule has 1 aromatic heterocycles. The third-order valence-electron chi connectivity index (χ3n) is 3.27. The first-order chi connectivity index (χ1) is 9.17. The van der Waals surface area contributed by atoms with Gasteiger partial charge >= 0.3 is 0 Å². The molecule has 1 atom stereocenters. The SMILES string of the molecule is Cn1cc(CCC(CO)Cc2cccc(Br)c2)cn1. The Morgan fingerprint density at radius 1 is 1.37 bits per heavy atom. The number of aromatic nitrogens is 2. The normalized spacial score (nSPS) is 12.6. The lowest BCUT2D eigenvalue weighted by molar-refractivity contribution is 0.218. The number of benzene rings is 1. The van der Waals surface area contributed by atoms with Crippen molar-refractivity contribution in [2.45, 2.75) is 19.3 Å². The summed E-state index contributed by atoms with van der Waals surface area (Å²) >= 11 is 3.48. The Balaban J connectivity index is 1.89. The minimum Gasteiger partial charge on any atom is -0.396 e. The maximum Gasteiger partial charge on any atom is 0.0521 e. The van der Waals surface area contributed by atoms with Crippen LogP contribution in [-0.2, 0) is 19.9 Å². The van der Waals surface area contributed by atoms with Crippen LogP contribution in [0.2, 0.25) is 0 Å². The number of rotatable bonds is 6. The molecule has 1 heterocycles. The van der Waals surface area contributed by atoms with E-state index in [4.69, 9.17) is 0 Å². The fourth-order valence-corrected chi connectivity index (χ4v) is 2.67. The van der Waals surface area contributed by atoms with E-state index in [9.17, 15) is 5.11 Å². The Kier molecular flexibility index (Phi) is 5.16. The van der Waals surface area contributed by atoms with Gasteiger partial charge in [-0.25, -0.2) is 0 Å². The molecule has 1 N–H and O–H groups in total. The van der Waals surface area contributed by atoms with E-state index in [1.165, 1.54) is 11.1 Å². The van der Waals surface area contributed by atoms with Gasteiger partial charge in [0.15, 0.2) is 0 Å². The quantitative estimate of drug-likeness (QED) is 0.887. The minimum absolute atomic E-state index is 0.229. The van der Waals surface area contributed by atoms with Crippen LogP contribution < -0.4 is 0 Å². The van der Waals surface area contributed by atoms with Crippen LogP contribution in [0.5, 0.6) is 0 Å².